The van der Waals surface area contributed by atoms with Crippen molar-refractivity contribution in [1.29, 1.82) is 0 Å². The second-order valence-corrected chi connectivity index (χ2v) is 10.7. The zero-order valence-electron chi connectivity index (χ0n) is 22.7. The van der Waals surface area contributed by atoms with Gasteiger partial charge in [-0.2, -0.15) is 0 Å². The highest BCUT2D eigenvalue weighted by atomic mass is 35.5. The molecule has 7 nitrogen and oxygen atoms in total. The number of hydrogen-bond donors (Lipinski definition) is 2. The molecule has 0 saturated heterocycles. The van der Waals surface area contributed by atoms with Crippen LogP contribution in [-0.2, 0) is 14.3 Å². The van der Waals surface area contributed by atoms with E-state index in [2.05, 4.69) is 16.7 Å². The van der Waals surface area contributed by atoms with Crippen molar-refractivity contribution in [3.63, 3.8) is 0 Å². The van der Waals surface area contributed by atoms with Crippen LogP contribution in [-0.4, -0.2) is 34.5 Å². The van der Waals surface area contributed by atoms with Gasteiger partial charge in [0.2, 0.25) is 0 Å². The molecule has 0 bridgehead atoms. The number of amides is 3. The van der Waals surface area contributed by atoms with Gasteiger partial charge in [-0.05, 0) is 75.8 Å². The minimum Gasteiger partial charge on any atom is -0.444 e. The minimum atomic E-state index is -1.19. The van der Waals surface area contributed by atoms with Gasteiger partial charge in [0.1, 0.15) is 17.7 Å². The van der Waals surface area contributed by atoms with E-state index in [1.54, 1.807) is 58.9 Å². The summed E-state index contributed by atoms with van der Waals surface area (Å²) in [5.74, 6) is -1.49. The first-order valence-corrected chi connectivity index (χ1v) is 12.5. The van der Waals surface area contributed by atoms with Gasteiger partial charge in [-0.3, -0.25) is 14.5 Å². The van der Waals surface area contributed by atoms with Crippen LogP contribution in [0.3, 0.4) is 0 Å². The Morgan fingerprint density at radius 2 is 1.62 bits per heavy atom. The number of aryl methyl sites for hydroxylation is 2. The van der Waals surface area contributed by atoms with Crippen molar-refractivity contribution in [2.24, 2.45) is 5.92 Å². The number of carbonyl (C=O) groups excluding carboxylic acids is 3. The first-order valence-electron chi connectivity index (χ1n) is 12.1. The Balaban J connectivity index is 2.56. The molecular weight excluding hydrogens is 490 g/mol. The van der Waals surface area contributed by atoms with E-state index in [1.807, 2.05) is 32.9 Å². The molecule has 37 heavy (non-hydrogen) atoms. The molecule has 0 heterocycles. The van der Waals surface area contributed by atoms with E-state index >= 15 is 0 Å². The maximum absolute atomic E-state index is 13.8. The van der Waals surface area contributed by atoms with E-state index in [1.165, 1.54) is 0 Å². The Morgan fingerprint density at radius 1 is 1.03 bits per heavy atom. The summed E-state index contributed by atoms with van der Waals surface area (Å²) in [6, 6.07) is 10.9. The molecule has 2 rings (SSSR count). The molecule has 0 aromatic heterocycles. The highest BCUT2D eigenvalue weighted by Crippen LogP contribution is 2.31. The summed E-state index contributed by atoms with van der Waals surface area (Å²) in [5.41, 5.74) is 2.74. The van der Waals surface area contributed by atoms with Gasteiger partial charge in [0, 0.05) is 6.04 Å². The van der Waals surface area contributed by atoms with Crippen LogP contribution in [0.15, 0.2) is 36.4 Å². The van der Waals surface area contributed by atoms with Gasteiger partial charge in [0.05, 0.1) is 10.7 Å². The van der Waals surface area contributed by atoms with Gasteiger partial charge < -0.3 is 15.4 Å². The van der Waals surface area contributed by atoms with Gasteiger partial charge >= 0.3 is 6.09 Å². The van der Waals surface area contributed by atoms with Crippen molar-refractivity contribution in [2.45, 2.75) is 73.1 Å². The number of hydrogen-bond acceptors (Lipinski definition) is 4. The van der Waals surface area contributed by atoms with Crippen LogP contribution in [0.2, 0.25) is 5.02 Å². The summed E-state index contributed by atoms with van der Waals surface area (Å²) in [7, 11) is 0. The quantitative estimate of drug-likeness (QED) is 0.347. The minimum absolute atomic E-state index is 0.344. The van der Waals surface area contributed by atoms with Crippen molar-refractivity contribution in [1.82, 2.24) is 10.2 Å². The molecule has 0 saturated carbocycles. The van der Waals surface area contributed by atoms with Crippen LogP contribution < -0.4 is 10.6 Å². The number of terminal acetylenes is 1. The van der Waals surface area contributed by atoms with Gasteiger partial charge in [-0.25, -0.2) is 4.79 Å². The number of alkyl carbamates (subject to hydrolysis) is 1. The van der Waals surface area contributed by atoms with Crippen LogP contribution in [0, 0.1) is 39.2 Å². The maximum Gasteiger partial charge on any atom is 0.408 e. The van der Waals surface area contributed by atoms with Crippen LogP contribution in [0.25, 0.3) is 0 Å². The van der Waals surface area contributed by atoms with Gasteiger partial charge in [0.25, 0.3) is 11.8 Å². The summed E-state index contributed by atoms with van der Waals surface area (Å²) < 4.78 is 5.35. The third kappa shape index (κ3) is 7.50. The smallest absolute Gasteiger partial charge is 0.408 e. The number of nitrogens with zero attached hydrogens (tertiary/aromatic N) is 1. The topological polar surface area (TPSA) is 87.7 Å². The normalized spacial score (nSPS) is 12.8. The van der Waals surface area contributed by atoms with Gasteiger partial charge in [0.15, 0.2) is 0 Å². The van der Waals surface area contributed by atoms with E-state index in [-0.39, 0.29) is 5.92 Å². The second-order valence-electron chi connectivity index (χ2n) is 10.3. The Hall–Kier alpha value is -3.50. The Labute approximate surface area is 224 Å². The second kappa shape index (κ2) is 12.2. The standard InChI is InChI=1S/C29H36ClN3O4/c1-10-33(27(35)23(17(2)3)32-28(36)37-29(7,8)9)25(21-15-11-13-18(4)20(21)6)26(34)31-24-19(5)14-12-16-22(24)30/h1,11-17,23,25H,2-9H3,(H,31,34)(H,32,36). The number of benzene rings is 2. The lowest BCUT2D eigenvalue weighted by Gasteiger charge is -2.32. The van der Waals surface area contributed by atoms with E-state index in [0.29, 0.717) is 16.3 Å². The predicted octanol–water partition coefficient (Wildman–Crippen LogP) is 5.91. The molecule has 0 aliphatic carbocycles. The summed E-state index contributed by atoms with van der Waals surface area (Å²) in [4.78, 5) is 41.2. The molecule has 3 amide bonds. The van der Waals surface area contributed by atoms with Crippen molar-refractivity contribution < 1.29 is 19.1 Å². The predicted molar refractivity (Wildman–Crippen MR) is 147 cm³/mol. The molecule has 0 fully saturated rings. The van der Waals surface area contributed by atoms with Crippen LogP contribution in [0.5, 0.6) is 0 Å². The number of carbonyl (C=O) groups is 3. The first-order chi connectivity index (χ1) is 17.2. The molecule has 2 aromatic rings. The third-order valence-electron chi connectivity index (χ3n) is 5.90. The van der Waals surface area contributed by atoms with E-state index < -0.39 is 35.6 Å². The highest BCUT2D eigenvalue weighted by molar-refractivity contribution is 6.34. The lowest BCUT2D eigenvalue weighted by Crippen LogP contribution is -2.53. The van der Waals surface area contributed by atoms with Crippen molar-refractivity contribution in [3.8, 4) is 12.5 Å². The zero-order valence-corrected chi connectivity index (χ0v) is 23.5. The molecule has 2 aromatic carbocycles. The number of ether oxygens (including phenoxy) is 1. The molecule has 0 radical (unpaired) electrons. The summed E-state index contributed by atoms with van der Waals surface area (Å²) in [6.45, 7) is 14.3. The van der Waals surface area contributed by atoms with E-state index in [9.17, 15) is 14.4 Å². The van der Waals surface area contributed by atoms with E-state index in [0.717, 1.165) is 21.6 Å². The lowest BCUT2D eigenvalue weighted by molar-refractivity contribution is -0.137. The Morgan fingerprint density at radius 3 is 2.16 bits per heavy atom. The molecule has 8 heteroatoms. The molecule has 2 unspecified atom stereocenters. The molecule has 0 aliphatic heterocycles. The fourth-order valence-corrected chi connectivity index (χ4v) is 4.08. The highest BCUT2D eigenvalue weighted by Gasteiger charge is 2.38. The van der Waals surface area contributed by atoms with Crippen LogP contribution in [0.4, 0.5) is 10.5 Å². The van der Waals surface area contributed by atoms with Crippen molar-refractivity contribution in [3.05, 3.63) is 63.7 Å². The van der Waals surface area contributed by atoms with E-state index in [4.69, 9.17) is 22.8 Å². The molecule has 198 valence electrons. The molecule has 2 atom stereocenters. The average molecular weight is 526 g/mol. The molecule has 2 N–H and O–H groups in total. The van der Waals surface area contributed by atoms with Crippen LogP contribution in [0.1, 0.15) is 62.9 Å². The monoisotopic (exact) mass is 525 g/mol. The third-order valence-corrected chi connectivity index (χ3v) is 6.21. The number of nitrogens with one attached hydrogen (secondary N) is 2. The number of halogens is 1. The number of rotatable bonds is 7. The first kappa shape index (κ1) is 29.7. The number of anilines is 1. The molecule has 0 spiro atoms. The largest absolute Gasteiger partial charge is 0.444 e. The maximum atomic E-state index is 13.8. The molecular formula is C29H36ClN3O4. The Bertz CT molecular complexity index is 1190. The molecule has 0 aliphatic rings. The SMILES string of the molecule is C#CN(C(=O)C(NC(=O)OC(C)(C)C)C(C)C)C(C(=O)Nc1c(C)cccc1Cl)c1cccc(C)c1C. The van der Waals surface area contributed by atoms with Gasteiger partial charge in [-0.15, -0.1) is 0 Å². The average Bonchev–Trinajstić information content (AvgIpc) is 2.78. The number of para-hydroxylation sites is 1. The zero-order chi connectivity index (χ0) is 28.1. The van der Waals surface area contributed by atoms with Crippen molar-refractivity contribution >= 4 is 35.2 Å². The fraction of sp³-hybridized carbons (Fsp3) is 0.414. The summed E-state index contributed by atoms with van der Waals surface area (Å²) in [5, 5.41) is 5.85. The summed E-state index contributed by atoms with van der Waals surface area (Å²) >= 11 is 6.36. The summed E-state index contributed by atoms with van der Waals surface area (Å²) in [6.07, 6.45) is 5.11. The van der Waals surface area contributed by atoms with Crippen LogP contribution >= 0.6 is 11.6 Å². The van der Waals surface area contributed by atoms with Gasteiger partial charge in [-0.1, -0.05) is 62.2 Å². The lowest BCUT2D eigenvalue weighted by atomic mass is 9.94. The fourth-order valence-electron chi connectivity index (χ4n) is 3.81. The Kier molecular flexibility index (Phi) is 9.77. The van der Waals surface area contributed by atoms with Crippen molar-refractivity contribution in [2.75, 3.05) is 5.32 Å².